The number of carbonyl (C=O) groups excluding carboxylic acids is 1. The fraction of sp³-hybridized carbons (Fsp3) is 0.300. The maximum atomic E-state index is 12.8. The summed E-state index contributed by atoms with van der Waals surface area (Å²) >= 11 is 0. The Labute approximate surface area is 142 Å². The SMILES string of the molecule is C[C@H](C1CC1)N(Cc1ccccc1)C(=O)Nc1cccc(C#N)c1. The Kier molecular flexibility index (Phi) is 4.81. The van der Waals surface area contributed by atoms with Crippen molar-refractivity contribution in [3.05, 3.63) is 65.7 Å². The molecule has 0 spiro atoms. The third kappa shape index (κ3) is 3.94. The molecule has 1 aliphatic carbocycles. The van der Waals surface area contributed by atoms with E-state index >= 15 is 0 Å². The number of amides is 2. The summed E-state index contributed by atoms with van der Waals surface area (Å²) in [5, 5.41) is 11.9. The van der Waals surface area contributed by atoms with E-state index in [0.29, 0.717) is 23.7 Å². The van der Waals surface area contributed by atoms with Crippen LogP contribution in [0, 0.1) is 17.2 Å². The zero-order valence-electron chi connectivity index (χ0n) is 13.8. The second-order valence-corrected chi connectivity index (χ2v) is 6.31. The topological polar surface area (TPSA) is 56.1 Å². The molecule has 24 heavy (non-hydrogen) atoms. The number of nitrogens with zero attached hydrogens (tertiary/aromatic N) is 2. The monoisotopic (exact) mass is 319 g/mol. The summed E-state index contributed by atoms with van der Waals surface area (Å²) in [7, 11) is 0. The maximum absolute atomic E-state index is 12.8. The number of nitrogens with one attached hydrogen (secondary N) is 1. The molecule has 4 heteroatoms. The van der Waals surface area contributed by atoms with Crippen LogP contribution in [0.25, 0.3) is 0 Å². The van der Waals surface area contributed by atoms with Gasteiger partial charge in [-0.25, -0.2) is 4.79 Å². The highest BCUT2D eigenvalue weighted by atomic mass is 16.2. The van der Waals surface area contributed by atoms with Crippen molar-refractivity contribution in [1.82, 2.24) is 4.90 Å². The van der Waals surface area contributed by atoms with E-state index in [-0.39, 0.29) is 12.1 Å². The van der Waals surface area contributed by atoms with Crippen LogP contribution in [0.15, 0.2) is 54.6 Å². The van der Waals surface area contributed by atoms with Gasteiger partial charge in [0.15, 0.2) is 0 Å². The van der Waals surface area contributed by atoms with Gasteiger partial charge in [0.1, 0.15) is 0 Å². The van der Waals surface area contributed by atoms with Crippen molar-refractivity contribution >= 4 is 11.7 Å². The number of hydrogen-bond donors (Lipinski definition) is 1. The van der Waals surface area contributed by atoms with E-state index in [1.165, 1.54) is 12.8 Å². The molecule has 0 bridgehead atoms. The van der Waals surface area contributed by atoms with Crippen LogP contribution in [0.2, 0.25) is 0 Å². The molecular weight excluding hydrogens is 298 g/mol. The van der Waals surface area contributed by atoms with Gasteiger partial charge in [-0.15, -0.1) is 0 Å². The summed E-state index contributed by atoms with van der Waals surface area (Å²) in [5.74, 6) is 0.588. The molecule has 2 amide bonds. The zero-order chi connectivity index (χ0) is 16.9. The highest BCUT2D eigenvalue weighted by molar-refractivity contribution is 5.89. The smallest absolute Gasteiger partial charge is 0.317 e. The Balaban J connectivity index is 1.76. The lowest BCUT2D eigenvalue weighted by Crippen LogP contribution is -2.42. The first-order chi connectivity index (χ1) is 11.7. The highest BCUT2D eigenvalue weighted by Gasteiger charge is 2.34. The van der Waals surface area contributed by atoms with Gasteiger partial charge in [-0.1, -0.05) is 36.4 Å². The minimum absolute atomic E-state index is 0.117. The second kappa shape index (κ2) is 7.18. The predicted octanol–water partition coefficient (Wildman–Crippen LogP) is 4.39. The van der Waals surface area contributed by atoms with Crippen LogP contribution in [0.4, 0.5) is 10.5 Å². The third-order valence-corrected chi connectivity index (χ3v) is 4.50. The third-order valence-electron chi connectivity index (χ3n) is 4.50. The van der Waals surface area contributed by atoms with Gasteiger partial charge in [-0.2, -0.15) is 5.26 Å². The zero-order valence-corrected chi connectivity index (χ0v) is 13.8. The summed E-state index contributed by atoms with van der Waals surface area (Å²) in [6.07, 6.45) is 2.37. The Morgan fingerprint density at radius 1 is 1.25 bits per heavy atom. The highest BCUT2D eigenvalue weighted by Crippen LogP contribution is 2.36. The van der Waals surface area contributed by atoms with Crippen molar-refractivity contribution in [3.8, 4) is 6.07 Å². The van der Waals surface area contributed by atoms with Gasteiger partial charge in [0.2, 0.25) is 0 Å². The molecule has 1 fully saturated rings. The van der Waals surface area contributed by atoms with Crippen molar-refractivity contribution in [3.63, 3.8) is 0 Å². The molecule has 0 aromatic heterocycles. The summed E-state index contributed by atoms with van der Waals surface area (Å²) in [6.45, 7) is 2.70. The van der Waals surface area contributed by atoms with Gasteiger partial charge < -0.3 is 10.2 Å². The number of carbonyl (C=O) groups is 1. The first-order valence-corrected chi connectivity index (χ1v) is 8.29. The maximum Gasteiger partial charge on any atom is 0.322 e. The molecule has 3 rings (SSSR count). The average molecular weight is 319 g/mol. The number of rotatable bonds is 5. The molecule has 122 valence electrons. The lowest BCUT2D eigenvalue weighted by Gasteiger charge is -2.29. The largest absolute Gasteiger partial charge is 0.322 e. The molecule has 2 aromatic carbocycles. The second-order valence-electron chi connectivity index (χ2n) is 6.31. The summed E-state index contributed by atoms with van der Waals surface area (Å²) in [6, 6.07) is 19.2. The standard InChI is InChI=1S/C20H21N3O/c1-15(18-10-11-18)23(14-16-6-3-2-4-7-16)20(24)22-19-9-5-8-17(12-19)13-21/h2-9,12,15,18H,10-11,14H2,1H3,(H,22,24)/t15-/m1/s1. The molecule has 0 saturated heterocycles. The van der Waals surface area contributed by atoms with Crippen molar-refractivity contribution in [2.24, 2.45) is 5.92 Å². The number of benzene rings is 2. The molecule has 2 aromatic rings. The molecule has 1 N–H and O–H groups in total. The predicted molar refractivity (Wildman–Crippen MR) is 94.3 cm³/mol. The van der Waals surface area contributed by atoms with Crippen LogP contribution in [0.3, 0.4) is 0 Å². The number of nitriles is 1. The summed E-state index contributed by atoms with van der Waals surface area (Å²) < 4.78 is 0. The van der Waals surface area contributed by atoms with Gasteiger partial charge in [-0.3, -0.25) is 0 Å². The van der Waals surface area contributed by atoms with Crippen LogP contribution in [-0.2, 0) is 6.54 Å². The van der Waals surface area contributed by atoms with Crippen LogP contribution in [0.1, 0.15) is 30.9 Å². The van der Waals surface area contributed by atoms with E-state index in [4.69, 9.17) is 5.26 Å². The van der Waals surface area contributed by atoms with E-state index in [1.54, 1.807) is 24.3 Å². The molecule has 1 atom stereocenters. The fourth-order valence-corrected chi connectivity index (χ4v) is 2.88. The minimum atomic E-state index is -0.117. The van der Waals surface area contributed by atoms with Crippen molar-refractivity contribution in [2.75, 3.05) is 5.32 Å². The summed E-state index contributed by atoms with van der Waals surface area (Å²) in [4.78, 5) is 14.7. The lowest BCUT2D eigenvalue weighted by molar-refractivity contribution is 0.181. The normalized spacial score (nSPS) is 14.5. The van der Waals surface area contributed by atoms with E-state index in [0.717, 1.165) is 5.56 Å². The molecule has 0 aliphatic heterocycles. The summed E-state index contributed by atoms with van der Waals surface area (Å²) in [5.41, 5.74) is 2.31. The van der Waals surface area contributed by atoms with Crippen molar-refractivity contribution < 1.29 is 4.79 Å². The van der Waals surface area contributed by atoms with Crippen molar-refractivity contribution in [1.29, 1.82) is 5.26 Å². The van der Waals surface area contributed by atoms with E-state index < -0.39 is 0 Å². The van der Waals surface area contributed by atoms with Gasteiger partial charge in [0, 0.05) is 18.3 Å². The average Bonchev–Trinajstić information content (AvgIpc) is 3.45. The Morgan fingerprint density at radius 2 is 2.00 bits per heavy atom. The van der Waals surface area contributed by atoms with Gasteiger partial charge in [0.05, 0.1) is 11.6 Å². The quantitative estimate of drug-likeness (QED) is 0.888. The molecule has 1 saturated carbocycles. The Hall–Kier alpha value is -2.80. The first-order valence-electron chi connectivity index (χ1n) is 8.29. The van der Waals surface area contributed by atoms with Crippen LogP contribution < -0.4 is 5.32 Å². The molecular formula is C20H21N3O. The van der Waals surface area contributed by atoms with Gasteiger partial charge >= 0.3 is 6.03 Å². The Bertz CT molecular complexity index is 747. The van der Waals surface area contributed by atoms with Crippen molar-refractivity contribution in [2.45, 2.75) is 32.4 Å². The first kappa shape index (κ1) is 16.1. The molecule has 0 unspecified atom stereocenters. The van der Waals surface area contributed by atoms with Crippen LogP contribution in [-0.4, -0.2) is 17.0 Å². The minimum Gasteiger partial charge on any atom is -0.317 e. The van der Waals surface area contributed by atoms with E-state index in [9.17, 15) is 4.79 Å². The van der Waals surface area contributed by atoms with E-state index in [2.05, 4.69) is 18.3 Å². The molecule has 1 aliphatic rings. The number of urea groups is 1. The van der Waals surface area contributed by atoms with Crippen LogP contribution >= 0.6 is 0 Å². The van der Waals surface area contributed by atoms with Gasteiger partial charge in [-0.05, 0) is 49.4 Å². The molecule has 4 nitrogen and oxygen atoms in total. The molecule has 0 heterocycles. The number of hydrogen-bond acceptors (Lipinski definition) is 2. The van der Waals surface area contributed by atoms with Gasteiger partial charge in [0.25, 0.3) is 0 Å². The van der Waals surface area contributed by atoms with Crippen LogP contribution in [0.5, 0.6) is 0 Å². The lowest BCUT2D eigenvalue weighted by atomic mass is 10.1. The Morgan fingerprint density at radius 3 is 2.67 bits per heavy atom. The molecule has 0 radical (unpaired) electrons. The number of anilines is 1. The van der Waals surface area contributed by atoms with E-state index in [1.807, 2.05) is 35.2 Å². The fourth-order valence-electron chi connectivity index (χ4n) is 2.88.